The molecule has 0 aliphatic heterocycles. The maximum absolute atomic E-state index is 6.00. The number of halogens is 2. The molecule has 0 radical (unpaired) electrons. The second-order valence-electron chi connectivity index (χ2n) is 3.23. The van der Waals surface area contributed by atoms with Crippen molar-refractivity contribution in [2.24, 2.45) is 0 Å². The lowest BCUT2D eigenvalue weighted by Crippen LogP contribution is -2.08. The number of aromatic nitrogens is 1. The summed E-state index contributed by atoms with van der Waals surface area (Å²) in [4.78, 5) is 4.18. The van der Waals surface area contributed by atoms with Gasteiger partial charge in [-0.2, -0.15) is 0 Å². The topological polar surface area (TPSA) is 57.4 Å². The van der Waals surface area contributed by atoms with Crippen LogP contribution in [0.4, 0.5) is 5.69 Å². The van der Waals surface area contributed by atoms with Gasteiger partial charge in [-0.25, -0.2) is 4.98 Å². The van der Waals surface area contributed by atoms with Gasteiger partial charge in [0, 0.05) is 21.2 Å². The van der Waals surface area contributed by atoms with Crippen molar-refractivity contribution in [2.75, 3.05) is 25.6 Å². The maximum atomic E-state index is 6.00. The number of hydrogen-bond acceptors (Lipinski definition) is 5. The fraction of sp³-hybridized carbons (Fsp3) is 0.250. The van der Waals surface area contributed by atoms with Crippen LogP contribution in [-0.2, 0) is 4.74 Å². The number of hydrogen-bond donors (Lipinski definition) is 1. The summed E-state index contributed by atoms with van der Waals surface area (Å²) in [6, 6.07) is 1.58. The lowest BCUT2D eigenvalue weighted by Gasteiger charge is -2.08. The number of anilines is 1. The van der Waals surface area contributed by atoms with Crippen LogP contribution < -0.4 is 10.5 Å². The van der Waals surface area contributed by atoms with Gasteiger partial charge in [0.05, 0.1) is 18.9 Å². The maximum Gasteiger partial charge on any atom is 0.234 e. The average molecular weight is 411 g/mol. The van der Waals surface area contributed by atoms with E-state index < -0.39 is 0 Å². The molecule has 0 spiro atoms. The average Bonchev–Trinajstić information content (AvgIpc) is 2.39. The summed E-state index contributed by atoms with van der Waals surface area (Å²) in [5, 5.41) is 3.17. The zero-order valence-electron chi connectivity index (χ0n) is 9.99. The molecule has 0 bridgehead atoms. The largest absolute Gasteiger partial charge is 0.474 e. The molecule has 0 fully saturated rings. The van der Waals surface area contributed by atoms with Crippen molar-refractivity contribution < 1.29 is 9.47 Å². The molecule has 4 nitrogen and oxygen atoms in total. The molecule has 0 aliphatic rings. The summed E-state index contributed by atoms with van der Waals surface area (Å²) in [6.07, 6.45) is 1.67. The Morgan fingerprint density at radius 1 is 1.58 bits per heavy atom. The third-order valence-corrected chi connectivity index (χ3v) is 2.99. The Bertz CT molecular complexity index is 502. The Morgan fingerprint density at radius 2 is 2.37 bits per heavy atom. The fourth-order valence-corrected chi connectivity index (χ4v) is 1.80. The summed E-state index contributed by atoms with van der Waals surface area (Å²) in [5.74, 6) is 3.13. The van der Waals surface area contributed by atoms with Crippen LogP contribution in [-0.4, -0.2) is 24.8 Å². The lowest BCUT2D eigenvalue weighted by atomic mass is 10.3. The van der Waals surface area contributed by atoms with Crippen molar-refractivity contribution in [1.82, 2.24) is 4.98 Å². The summed E-state index contributed by atoms with van der Waals surface area (Å²) in [5.41, 5.74) is 6.66. The number of nitrogens with two attached hydrogens (primary N) is 1. The van der Waals surface area contributed by atoms with Gasteiger partial charge in [0.15, 0.2) is 0 Å². The van der Waals surface area contributed by atoms with Crippen LogP contribution in [0.15, 0.2) is 18.7 Å². The minimum Gasteiger partial charge on any atom is -0.474 e. The summed E-state index contributed by atoms with van der Waals surface area (Å²) >= 11 is 8.07. The first-order valence-electron chi connectivity index (χ1n) is 5.25. The van der Waals surface area contributed by atoms with Crippen molar-refractivity contribution in [3.8, 4) is 17.1 Å². The molecule has 0 saturated heterocycles. The first-order valence-corrected chi connectivity index (χ1v) is 8.98. The molecule has 0 amide bonds. The van der Waals surface area contributed by atoms with E-state index in [0.717, 1.165) is 0 Å². The molecule has 1 aromatic rings. The molecule has 0 aliphatic carbocycles. The highest BCUT2D eigenvalue weighted by Crippen LogP contribution is 2.26. The number of nitrogens with zero attached hydrogens (tertiary/aromatic N) is 1. The van der Waals surface area contributed by atoms with Crippen molar-refractivity contribution in [2.45, 2.75) is 0 Å². The van der Waals surface area contributed by atoms with Gasteiger partial charge in [-0.05, 0) is 26.2 Å². The van der Waals surface area contributed by atoms with Gasteiger partial charge < -0.3 is 15.2 Å². The highest BCUT2D eigenvalue weighted by Gasteiger charge is 2.08. The van der Waals surface area contributed by atoms with Gasteiger partial charge in [-0.15, -0.1) is 6.58 Å². The van der Waals surface area contributed by atoms with Crippen molar-refractivity contribution in [1.29, 1.82) is 0 Å². The summed E-state index contributed by atoms with van der Waals surface area (Å²) < 4.78 is 10.6. The van der Waals surface area contributed by atoms with Gasteiger partial charge >= 0.3 is 0 Å². The number of ether oxygens (including phenoxy) is 2. The normalized spacial score (nSPS) is 9.58. The van der Waals surface area contributed by atoms with E-state index in [-0.39, 0.29) is 0 Å². The van der Waals surface area contributed by atoms with Crippen LogP contribution in [0, 0.1) is 11.2 Å². The van der Waals surface area contributed by atoms with Gasteiger partial charge in [0.1, 0.15) is 17.3 Å². The quantitative estimate of drug-likeness (QED) is 0.337. The first-order chi connectivity index (χ1) is 9.19. The minimum absolute atomic E-state index is 0.306. The van der Waals surface area contributed by atoms with E-state index in [1.807, 2.05) is 0 Å². The Morgan fingerprint density at radius 3 is 3.05 bits per heavy atom. The zero-order chi connectivity index (χ0) is 14.1. The molecular formula is C12H12ClIN2O2S. The van der Waals surface area contributed by atoms with Gasteiger partial charge in [0.2, 0.25) is 5.88 Å². The number of rotatable bonds is 6. The fourth-order valence-electron chi connectivity index (χ4n) is 1.12. The number of nitrogen functional groups attached to an aromatic ring is 1. The third-order valence-electron chi connectivity index (χ3n) is 1.88. The van der Waals surface area contributed by atoms with E-state index in [1.165, 1.54) is 8.93 Å². The first kappa shape index (κ1) is 16.4. The molecule has 0 aromatic carbocycles. The van der Waals surface area contributed by atoms with E-state index in [2.05, 4.69) is 43.9 Å². The smallest absolute Gasteiger partial charge is 0.234 e. The van der Waals surface area contributed by atoms with E-state index in [4.69, 9.17) is 26.8 Å². The lowest BCUT2D eigenvalue weighted by molar-refractivity contribution is 0.119. The SMILES string of the molecule is C=CCOCCOc1nc(C#CSI)c(N)cc1Cl. The molecule has 2 N–H and O–H groups in total. The van der Waals surface area contributed by atoms with Crippen molar-refractivity contribution >= 4 is 47.4 Å². The van der Waals surface area contributed by atoms with Crippen molar-refractivity contribution in [3.63, 3.8) is 0 Å². The minimum atomic E-state index is 0.306. The summed E-state index contributed by atoms with van der Waals surface area (Å²) in [7, 11) is 1.35. The van der Waals surface area contributed by atoms with E-state index >= 15 is 0 Å². The molecule has 0 unspecified atom stereocenters. The third kappa shape index (κ3) is 5.91. The molecule has 1 rings (SSSR count). The zero-order valence-corrected chi connectivity index (χ0v) is 13.7. The molecule has 1 aromatic heterocycles. The Hall–Kier alpha value is -0.620. The predicted molar refractivity (Wildman–Crippen MR) is 88.7 cm³/mol. The molecule has 19 heavy (non-hydrogen) atoms. The van der Waals surface area contributed by atoms with Crippen LogP contribution in [0.1, 0.15) is 5.69 Å². The second-order valence-corrected chi connectivity index (χ2v) is 5.32. The Kier molecular flexibility index (Phi) is 8.05. The molecule has 7 heteroatoms. The summed E-state index contributed by atoms with van der Waals surface area (Å²) in [6.45, 7) is 4.81. The van der Waals surface area contributed by atoms with Crippen LogP contribution in [0.5, 0.6) is 5.88 Å². The Balaban J connectivity index is 2.69. The molecule has 0 saturated carbocycles. The molecule has 0 atom stereocenters. The van der Waals surface area contributed by atoms with Gasteiger partial charge in [-0.1, -0.05) is 17.7 Å². The second kappa shape index (κ2) is 9.31. The molecular weight excluding hydrogens is 399 g/mol. The predicted octanol–water partition coefficient (Wildman–Crippen LogP) is 3.29. The monoisotopic (exact) mass is 410 g/mol. The van der Waals surface area contributed by atoms with Crippen LogP contribution in [0.2, 0.25) is 5.02 Å². The van der Waals surface area contributed by atoms with Crippen LogP contribution in [0.25, 0.3) is 0 Å². The molecule has 1 heterocycles. The van der Waals surface area contributed by atoms with E-state index in [0.29, 0.717) is 42.1 Å². The Labute approximate surface area is 133 Å². The van der Waals surface area contributed by atoms with E-state index in [9.17, 15) is 0 Å². The number of pyridine rings is 1. The standard InChI is InChI=1S/C12H12ClIN2O2S/c1-2-4-17-5-6-18-12-9(13)8-10(15)11(16-12)3-7-19-14/h2,8H,1,4-6,15H2. The van der Waals surface area contributed by atoms with Gasteiger partial charge in [-0.3, -0.25) is 0 Å². The van der Waals surface area contributed by atoms with Gasteiger partial charge in [0.25, 0.3) is 0 Å². The van der Waals surface area contributed by atoms with Crippen molar-refractivity contribution in [3.05, 3.63) is 29.4 Å². The highest BCUT2D eigenvalue weighted by molar-refractivity contribution is 14.2. The van der Waals surface area contributed by atoms with Crippen LogP contribution >= 0.6 is 41.7 Å². The van der Waals surface area contributed by atoms with E-state index in [1.54, 1.807) is 12.1 Å². The highest BCUT2D eigenvalue weighted by atomic mass is 127. The molecule has 102 valence electrons. The van der Waals surface area contributed by atoms with Crippen LogP contribution in [0.3, 0.4) is 0 Å².